The maximum absolute atomic E-state index is 11.5. The highest BCUT2D eigenvalue weighted by molar-refractivity contribution is 5.73. The summed E-state index contributed by atoms with van der Waals surface area (Å²) in [7, 11) is 0. The number of carbonyl (C=O) groups excluding carboxylic acids is 1. The first-order valence-electron chi connectivity index (χ1n) is 5.18. The second-order valence-corrected chi connectivity index (χ2v) is 3.66. The smallest absolute Gasteiger partial charge is 0.310 e. The van der Waals surface area contributed by atoms with Gasteiger partial charge in [-0.25, -0.2) is 0 Å². The van der Waals surface area contributed by atoms with Crippen LogP contribution in [0.5, 0.6) is 0 Å². The molecule has 0 heterocycles. The largest absolute Gasteiger partial charge is 0.466 e. The van der Waals surface area contributed by atoms with Gasteiger partial charge in [0.2, 0.25) is 0 Å². The second-order valence-electron chi connectivity index (χ2n) is 3.66. The van der Waals surface area contributed by atoms with E-state index in [2.05, 4.69) is 0 Å². The van der Waals surface area contributed by atoms with Crippen molar-refractivity contribution in [1.29, 1.82) is 0 Å². The van der Waals surface area contributed by atoms with E-state index in [1.54, 1.807) is 0 Å². The quantitative estimate of drug-likeness (QED) is 0.523. The van der Waals surface area contributed by atoms with Crippen LogP contribution in [-0.4, -0.2) is 18.6 Å². The number of nitrogens with two attached hydrogens (primary N) is 1. The van der Waals surface area contributed by atoms with Crippen LogP contribution in [0, 0.1) is 5.92 Å². The zero-order valence-electron chi connectivity index (χ0n) is 8.29. The van der Waals surface area contributed by atoms with Gasteiger partial charge in [0.05, 0.1) is 12.5 Å². The fraction of sp³-hybridized carbons (Fsp3) is 0.900. The summed E-state index contributed by atoms with van der Waals surface area (Å²) in [5.74, 6) is -0.153. The lowest BCUT2D eigenvalue weighted by atomic mass is 9.96. The lowest BCUT2D eigenvalue weighted by Gasteiger charge is -2.18. The number of ether oxygens (including phenoxy) is 1. The first kappa shape index (κ1) is 10.5. The van der Waals surface area contributed by atoms with Crippen molar-refractivity contribution in [3.8, 4) is 0 Å². The predicted octanol–water partition coefficient (Wildman–Crippen LogP) is 1.46. The highest BCUT2D eigenvalue weighted by atomic mass is 16.5. The summed E-state index contributed by atoms with van der Waals surface area (Å²) >= 11 is 0. The Bertz CT molecular complexity index is 170. The molecule has 2 N–H and O–H groups in total. The average Bonchev–Trinajstić information content (AvgIpc) is 2.30. The molecule has 0 aromatic carbocycles. The van der Waals surface area contributed by atoms with Crippen molar-refractivity contribution >= 4 is 5.97 Å². The minimum atomic E-state index is -0.100. The van der Waals surface area contributed by atoms with Gasteiger partial charge < -0.3 is 10.5 Å². The van der Waals surface area contributed by atoms with E-state index in [0.717, 1.165) is 25.7 Å². The Morgan fingerprint density at radius 1 is 1.38 bits per heavy atom. The third-order valence-electron chi connectivity index (χ3n) is 2.66. The molecular weight excluding hydrogens is 166 g/mol. The molecule has 76 valence electrons. The van der Waals surface area contributed by atoms with E-state index in [-0.39, 0.29) is 17.9 Å². The normalized spacial score (nSPS) is 29.4. The SMILES string of the molecule is CCOC(=O)C1CCCCCC1N. The van der Waals surface area contributed by atoms with E-state index in [1.807, 2.05) is 6.92 Å². The summed E-state index contributed by atoms with van der Waals surface area (Å²) in [6.07, 6.45) is 5.32. The Kier molecular flexibility index (Phi) is 4.22. The Hall–Kier alpha value is -0.570. The van der Waals surface area contributed by atoms with Crippen molar-refractivity contribution < 1.29 is 9.53 Å². The third-order valence-corrected chi connectivity index (χ3v) is 2.66. The maximum Gasteiger partial charge on any atom is 0.310 e. The van der Waals surface area contributed by atoms with E-state index in [0.29, 0.717) is 6.61 Å². The highest BCUT2D eigenvalue weighted by Gasteiger charge is 2.27. The molecule has 2 unspecified atom stereocenters. The van der Waals surface area contributed by atoms with Crippen molar-refractivity contribution in [3.05, 3.63) is 0 Å². The van der Waals surface area contributed by atoms with E-state index in [4.69, 9.17) is 10.5 Å². The van der Waals surface area contributed by atoms with Crippen LogP contribution in [-0.2, 0) is 9.53 Å². The second kappa shape index (κ2) is 5.22. The molecular formula is C10H19NO2. The van der Waals surface area contributed by atoms with Crippen LogP contribution in [0.4, 0.5) is 0 Å². The third kappa shape index (κ3) is 2.99. The van der Waals surface area contributed by atoms with E-state index < -0.39 is 0 Å². The van der Waals surface area contributed by atoms with Gasteiger partial charge in [0.1, 0.15) is 0 Å². The molecule has 0 amide bonds. The van der Waals surface area contributed by atoms with Gasteiger partial charge in [-0.1, -0.05) is 19.3 Å². The van der Waals surface area contributed by atoms with Gasteiger partial charge >= 0.3 is 5.97 Å². The summed E-state index contributed by atoms with van der Waals surface area (Å²) < 4.78 is 4.99. The summed E-state index contributed by atoms with van der Waals surface area (Å²) in [5.41, 5.74) is 5.91. The summed E-state index contributed by atoms with van der Waals surface area (Å²) in [4.78, 5) is 11.5. The van der Waals surface area contributed by atoms with E-state index in [1.165, 1.54) is 6.42 Å². The molecule has 1 rings (SSSR count). The molecule has 1 aliphatic carbocycles. The van der Waals surface area contributed by atoms with Gasteiger partial charge in [0.25, 0.3) is 0 Å². The first-order valence-corrected chi connectivity index (χ1v) is 5.18. The van der Waals surface area contributed by atoms with Gasteiger partial charge in [-0.15, -0.1) is 0 Å². The number of esters is 1. The van der Waals surface area contributed by atoms with E-state index >= 15 is 0 Å². The zero-order valence-corrected chi connectivity index (χ0v) is 8.29. The highest BCUT2D eigenvalue weighted by Crippen LogP contribution is 2.23. The summed E-state index contributed by atoms with van der Waals surface area (Å²) in [6, 6.07) is 0.0153. The number of hydrogen-bond donors (Lipinski definition) is 1. The van der Waals surface area contributed by atoms with Crippen LogP contribution in [0.15, 0.2) is 0 Å². The molecule has 0 aromatic heterocycles. The average molecular weight is 185 g/mol. The van der Waals surface area contributed by atoms with Crippen molar-refractivity contribution in [3.63, 3.8) is 0 Å². The molecule has 0 radical (unpaired) electrons. The number of carbonyl (C=O) groups is 1. The van der Waals surface area contributed by atoms with Crippen molar-refractivity contribution in [2.24, 2.45) is 11.7 Å². The lowest BCUT2D eigenvalue weighted by Crippen LogP contribution is -2.35. The topological polar surface area (TPSA) is 52.3 Å². The van der Waals surface area contributed by atoms with Crippen LogP contribution in [0.1, 0.15) is 39.0 Å². The Morgan fingerprint density at radius 2 is 2.08 bits per heavy atom. The molecule has 0 saturated heterocycles. The summed E-state index contributed by atoms with van der Waals surface area (Å²) in [6.45, 7) is 2.29. The molecule has 1 aliphatic rings. The molecule has 1 fully saturated rings. The standard InChI is InChI=1S/C10H19NO2/c1-2-13-10(12)8-6-4-3-5-7-9(8)11/h8-9H,2-7,11H2,1H3. The van der Waals surface area contributed by atoms with Crippen molar-refractivity contribution in [1.82, 2.24) is 0 Å². The van der Waals surface area contributed by atoms with Crippen LogP contribution < -0.4 is 5.73 Å². The molecule has 1 saturated carbocycles. The fourth-order valence-electron chi connectivity index (χ4n) is 1.88. The molecule has 3 heteroatoms. The number of rotatable bonds is 2. The first-order chi connectivity index (χ1) is 6.25. The minimum Gasteiger partial charge on any atom is -0.466 e. The van der Waals surface area contributed by atoms with E-state index in [9.17, 15) is 4.79 Å². The fourth-order valence-corrected chi connectivity index (χ4v) is 1.88. The van der Waals surface area contributed by atoms with Gasteiger partial charge in [-0.3, -0.25) is 4.79 Å². The van der Waals surface area contributed by atoms with Gasteiger partial charge in [0, 0.05) is 6.04 Å². The molecule has 0 aliphatic heterocycles. The molecule has 0 aromatic rings. The van der Waals surface area contributed by atoms with Gasteiger partial charge in [0.15, 0.2) is 0 Å². The number of hydrogen-bond acceptors (Lipinski definition) is 3. The van der Waals surface area contributed by atoms with Crippen LogP contribution in [0.25, 0.3) is 0 Å². The summed E-state index contributed by atoms with van der Waals surface area (Å²) in [5, 5.41) is 0. The Labute approximate surface area is 79.6 Å². The van der Waals surface area contributed by atoms with Crippen LogP contribution in [0.2, 0.25) is 0 Å². The van der Waals surface area contributed by atoms with Gasteiger partial charge in [-0.2, -0.15) is 0 Å². The lowest BCUT2D eigenvalue weighted by molar-refractivity contribution is -0.148. The predicted molar refractivity (Wildman–Crippen MR) is 51.2 cm³/mol. The monoisotopic (exact) mass is 185 g/mol. The zero-order chi connectivity index (χ0) is 9.68. The van der Waals surface area contributed by atoms with Gasteiger partial charge in [-0.05, 0) is 19.8 Å². The maximum atomic E-state index is 11.5. The molecule has 13 heavy (non-hydrogen) atoms. The molecule has 0 bridgehead atoms. The molecule has 3 nitrogen and oxygen atoms in total. The Balaban J connectivity index is 2.48. The van der Waals surface area contributed by atoms with Crippen LogP contribution >= 0.6 is 0 Å². The Morgan fingerprint density at radius 3 is 2.77 bits per heavy atom. The van der Waals surface area contributed by atoms with Crippen molar-refractivity contribution in [2.75, 3.05) is 6.61 Å². The van der Waals surface area contributed by atoms with Crippen LogP contribution in [0.3, 0.4) is 0 Å². The minimum absolute atomic E-state index is 0.0153. The molecule has 0 spiro atoms. The molecule has 2 atom stereocenters. The van der Waals surface area contributed by atoms with Crippen molar-refractivity contribution in [2.45, 2.75) is 45.1 Å².